The number of fused-ring (bicyclic) bond motifs is 2. The third kappa shape index (κ3) is 5.28. The van der Waals surface area contributed by atoms with Gasteiger partial charge in [-0.15, -0.1) is 0 Å². The standard InChI is InChI=1S/C27H30F6N2O3/c1-18(20-12-22(26(28,29)30)14-23(13-20)27(31,32)33)38-17-25(21-6-4-3-5-7-21)9-8-24(16-36)15-34(25)10-11-35(24)19(2)37/h3-7,12-14,18,36H,8-11,15-17H2,1-2H3/t18-,24-,25-/m1/s1. The Labute approximate surface area is 217 Å². The van der Waals surface area contributed by atoms with Gasteiger partial charge in [-0.25, -0.2) is 0 Å². The lowest BCUT2D eigenvalue weighted by molar-refractivity contribution is -0.166. The SMILES string of the molecule is CC(=O)N1CCN2C[C@@]1(CO)CC[C@@]2(CO[C@H](C)c1cc(C(F)(F)F)cc(C(F)(F)F)c1)c1ccccc1. The lowest BCUT2D eigenvalue weighted by atomic mass is 9.72. The largest absolute Gasteiger partial charge is 0.416 e. The summed E-state index contributed by atoms with van der Waals surface area (Å²) in [5.41, 5.74) is -3.63. The highest BCUT2D eigenvalue weighted by atomic mass is 19.4. The summed E-state index contributed by atoms with van der Waals surface area (Å²) in [6.07, 6.45) is -10.1. The molecule has 1 unspecified atom stereocenters. The van der Waals surface area contributed by atoms with Gasteiger partial charge in [-0.2, -0.15) is 26.3 Å². The Morgan fingerprint density at radius 2 is 1.61 bits per heavy atom. The first kappa shape index (κ1) is 28.4. The molecule has 0 spiro atoms. The van der Waals surface area contributed by atoms with Crippen LogP contribution in [0.15, 0.2) is 48.5 Å². The summed E-state index contributed by atoms with van der Waals surface area (Å²) in [6, 6.07) is 10.8. The van der Waals surface area contributed by atoms with E-state index in [1.807, 2.05) is 30.3 Å². The average molecular weight is 545 g/mol. The van der Waals surface area contributed by atoms with Crippen molar-refractivity contribution >= 4 is 5.91 Å². The summed E-state index contributed by atoms with van der Waals surface area (Å²) >= 11 is 0. The molecule has 0 aromatic heterocycles. The van der Waals surface area contributed by atoms with E-state index in [-0.39, 0.29) is 30.8 Å². The van der Waals surface area contributed by atoms with E-state index in [2.05, 4.69) is 4.90 Å². The molecule has 5 nitrogen and oxygen atoms in total. The van der Waals surface area contributed by atoms with Crippen molar-refractivity contribution in [3.8, 4) is 0 Å². The van der Waals surface area contributed by atoms with Crippen molar-refractivity contribution in [1.82, 2.24) is 9.80 Å². The van der Waals surface area contributed by atoms with Gasteiger partial charge in [0.15, 0.2) is 0 Å². The van der Waals surface area contributed by atoms with Crippen LogP contribution in [0.1, 0.15) is 55.0 Å². The smallest absolute Gasteiger partial charge is 0.394 e. The van der Waals surface area contributed by atoms with Crippen LogP contribution in [0.4, 0.5) is 26.3 Å². The van der Waals surface area contributed by atoms with Gasteiger partial charge in [-0.05, 0) is 49.1 Å². The van der Waals surface area contributed by atoms with Gasteiger partial charge in [0.25, 0.3) is 0 Å². The molecule has 2 aromatic carbocycles. The van der Waals surface area contributed by atoms with Gasteiger partial charge in [0.1, 0.15) is 0 Å². The van der Waals surface area contributed by atoms with E-state index in [1.54, 1.807) is 4.90 Å². The van der Waals surface area contributed by atoms with Crippen LogP contribution >= 0.6 is 0 Å². The normalized spacial score (nSPS) is 26.8. The first-order chi connectivity index (χ1) is 17.7. The first-order valence-corrected chi connectivity index (χ1v) is 12.3. The summed E-state index contributed by atoms with van der Waals surface area (Å²) in [5, 5.41) is 10.3. The minimum Gasteiger partial charge on any atom is -0.394 e. The molecule has 2 aliphatic rings. The topological polar surface area (TPSA) is 53.0 Å². The quantitative estimate of drug-likeness (QED) is 0.496. The van der Waals surface area contributed by atoms with Crippen LogP contribution in [-0.4, -0.2) is 59.2 Å². The highest BCUT2D eigenvalue weighted by Gasteiger charge is 2.54. The van der Waals surface area contributed by atoms with Gasteiger partial charge in [0, 0.05) is 26.6 Å². The van der Waals surface area contributed by atoms with Crippen molar-refractivity contribution < 1.29 is 41.0 Å². The molecule has 1 N–H and O–H groups in total. The van der Waals surface area contributed by atoms with E-state index < -0.39 is 40.7 Å². The molecular formula is C27H30F6N2O3. The van der Waals surface area contributed by atoms with E-state index in [0.29, 0.717) is 44.6 Å². The van der Waals surface area contributed by atoms with Gasteiger partial charge in [0.05, 0.1) is 41.5 Å². The monoisotopic (exact) mass is 544 g/mol. The fourth-order valence-electron chi connectivity index (χ4n) is 5.76. The van der Waals surface area contributed by atoms with Crippen molar-refractivity contribution in [3.63, 3.8) is 0 Å². The minimum absolute atomic E-state index is 0.00262. The number of alkyl halides is 6. The summed E-state index contributed by atoms with van der Waals surface area (Å²) in [4.78, 5) is 16.1. The zero-order valence-corrected chi connectivity index (χ0v) is 21.1. The Bertz CT molecular complexity index is 1120. The number of hydrogen-bond donors (Lipinski definition) is 1. The number of hydrogen-bond acceptors (Lipinski definition) is 4. The number of aliphatic hydroxyl groups is 1. The molecule has 2 fully saturated rings. The number of carbonyl (C=O) groups excluding carboxylic acids is 1. The molecule has 38 heavy (non-hydrogen) atoms. The average Bonchev–Trinajstić information content (AvgIpc) is 2.87. The van der Waals surface area contributed by atoms with Gasteiger partial charge >= 0.3 is 12.4 Å². The summed E-state index contributed by atoms with van der Waals surface area (Å²) in [7, 11) is 0. The fourth-order valence-corrected chi connectivity index (χ4v) is 5.76. The summed E-state index contributed by atoms with van der Waals surface area (Å²) < 4.78 is 86.4. The summed E-state index contributed by atoms with van der Waals surface area (Å²) in [5.74, 6) is -0.138. The highest BCUT2D eigenvalue weighted by Crippen LogP contribution is 2.46. The number of rotatable bonds is 6. The van der Waals surface area contributed by atoms with Crippen LogP contribution in [-0.2, 0) is 27.4 Å². The predicted octanol–water partition coefficient (Wildman–Crippen LogP) is 5.39. The second kappa shape index (κ2) is 10.2. The molecular weight excluding hydrogens is 514 g/mol. The number of halogens is 6. The number of aliphatic hydroxyl groups excluding tert-OH is 1. The number of benzene rings is 2. The number of piperidine rings is 1. The Kier molecular flexibility index (Phi) is 7.59. The van der Waals surface area contributed by atoms with E-state index in [1.165, 1.54) is 13.8 Å². The summed E-state index contributed by atoms with van der Waals surface area (Å²) in [6.45, 7) is 3.87. The van der Waals surface area contributed by atoms with Gasteiger partial charge < -0.3 is 14.7 Å². The third-order valence-electron chi connectivity index (χ3n) is 7.90. The molecule has 4 atom stereocenters. The number of piperazine rings is 1. The molecule has 208 valence electrons. The molecule has 0 radical (unpaired) electrons. The third-order valence-corrected chi connectivity index (χ3v) is 7.90. The second-order valence-corrected chi connectivity index (χ2v) is 10.2. The number of amides is 1. The van der Waals surface area contributed by atoms with Crippen LogP contribution in [0.2, 0.25) is 0 Å². The maximum absolute atomic E-state index is 13.4. The van der Waals surface area contributed by atoms with Crippen molar-refractivity contribution in [2.24, 2.45) is 0 Å². The Morgan fingerprint density at radius 1 is 1.00 bits per heavy atom. The number of nitrogens with zero attached hydrogens (tertiary/aromatic N) is 2. The predicted molar refractivity (Wildman–Crippen MR) is 127 cm³/mol. The molecule has 4 rings (SSSR count). The van der Waals surface area contributed by atoms with Crippen LogP contribution in [0, 0.1) is 0 Å². The highest BCUT2D eigenvalue weighted by molar-refractivity contribution is 5.74. The van der Waals surface area contributed by atoms with Crippen molar-refractivity contribution in [1.29, 1.82) is 0 Å². The van der Waals surface area contributed by atoms with Gasteiger partial charge in [0.2, 0.25) is 5.91 Å². The molecule has 2 heterocycles. The van der Waals surface area contributed by atoms with Crippen LogP contribution in [0.5, 0.6) is 0 Å². The van der Waals surface area contributed by atoms with Crippen molar-refractivity contribution in [2.75, 3.05) is 32.8 Å². The maximum Gasteiger partial charge on any atom is 0.416 e. The Balaban J connectivity index is 1.66. The molecule has 2 aliphatic heterocycles. The van der Waals surface area contributed by atoms with E-state index in [4.69, 9.17) is 4.74 Å². The zero-order chi connectivity index (χ0) is 27.9. The molecule has 2 bridgehead atoms. The maximum atomic E-state index is 13.4. The number of ether oxygens (including phenoxy) is 1. The second-order valence-electron chi connectivity index (χ2n) is 10.2. The van der Waals surface area contributed by atoms with Crippen molar-refractivity contribution in [2.45, 2.75) is 56.2 Å². The van der Waals surface area contributed by atoms with E-state index in [9.17, 15) is 36.2 Å². The minimum atomic E-state index is -4.95. The van der Waals surface area contributed by atoms with Gasteiger partial charge in [-0.3, -0.25) is 9.69 Å². The Hall–Kier alpha value is -2.63. The Morgan fingerprint density at radius 3 is 2.13 bits per heavy atom. The molecule has 0 aliphatic carbocycles. The lowest BCUT2D eigenvalue weighted by Gasteiger charge is -2.60. The van der Waals surface area contributed by atoms with Crippen molar-refractivity contribution in [3.05, 3.63) is 70.8 Å². The molecule has 2 saturated heterocycles. The molecule has 0 saturated carbocycles. The first-order valence-electron chi connectivity index (χ1n) is 12.3. The van der Waals surface area contributed by atoms with Gasteiger partial charge in [-0.1, -0.05) is 30.3 Å². The zero-order valence-electron chi connectivity index (χ0n) is 21.1. The molecule has 11 heteroatoms. The lowest BCUT2D eigenvalue weighted by Crippen LogP contribution is -2.72. The van der Waals surface area contributed by atoms with Crippen LogP contribution in [0.3, 0.4) is 0 Å². The van der Waals surface area contributed by atoms with E-state index in [0.717, 1.165) is 5.56 Å². The van der Waals surface area contributed by atoms with Crippen LogP contribution in [0.25, 0.3) is 0 Å². The molecule has 1 amide bonds. The fraction of sp³-hybridized carbons (Fsp3) is 0.519. The number of carbonyl (C=O) groups is 1. The van der Waals surface area contributed by atoms with Crippen LogP contribution < -0.4 is 0 Å². The molecule has 2 aromatic rings. The van der Waals surface area contributed by atoms with E-state index >= 15 is 0 Å².